The summed E-state index contributed by atoms with van der Waals surface area (Å²) in [5, 5.41) is 12.3. The van der Waals surface area contributed by atoms with Crippen LogP contribution in [0.4, 0.5) is 0 Å². The fraction of sp³-hybridized carbons (Fsp3) is 0.0714. The molecule has 21 heavy (non-hydrogen) atoms. The number of carboxylic acids is 1. The lowest BCUT2D eigenvalue weighted by molar-refractivity contribution is 0.0686. The van der Waals surface area contributed by atoms with Crippen molar-refractivity contribution in [2.45, 2.75) is 0 Å². The van der Waals surface area contributed by atoms with E-state index in [4.69, 9.17) is 9.63 Å². The molecule has 0 aliphatic heterocycles. The smallest absolute Gasteiger partial charge is 0.358 e. The van der Waals surface area contributed by atoms with E-state index in [2.05, 4.69) is 5.16 Å². The molecule has 1 N–H and O–H groups in total. The summed E-state index contributed by atoms with van der Waals surface area (Å²) < 4.78 is 7.96. The van der Waals surface area contributed by atoms with Gasteiger partial charge in [-0.15, -0.1) is 0 Å². The Hall–Kier alpha value is -3.09. The monoisotopic (exact) mass is 285 g/mol. The topological polar surface area (TPSA) is 90.3 Å². The minimum atomic E-state index is -1.15. The van der Waals surface area contributed by atoms with Crippen LogP contribution in [0.25, 0.3) is 17.0 Å². The van der Waals surface area contributed by atoms with Crippen molar-refractivity contribution in [3.63, 3.8) is 0 Å². The first-order valence-electron chi connectivity index (χ1n) is 6.11. The van der Waals surface area contributed by atoms with Gasteiger partial charge < -0.3 is 14.2 Å². The SMILES string of the molecule is Cn1ccn(-c2cccc(-c3cc(C(=O)O)no3)c2)c1=O. The summed E-state index contributed by atoms with van der Waals surface area (Å²) in [6, 6.07) is 8.36. The Morgan fingerprint density at radius 3 is 2.71 bits per heavy atom. The summed E-state index contributed by atoms with van der Waals surface area (Å²) in [6.07, 6.45) is 3.32. The van der Waals surface area contributed by atoms with Crippen LogP contribution in [0.2, 0.25) is 0 Å². The molecule has 0 saturated carbocycles. The molecule has 2 heterocycles. The molecule has 0 unspecified atom stereocenters. The maximum absolute atomic E-state index is 11.9. The third-order valence-electron chi connectivity index (χ3n) is 3.09. The minimum absolute atomic E-state index is 0.160. The molecule has 0 radical (unpaired) electrons. The summed E-state index contributed by atoms with van der Waals surface area (Å²) in [7, 11) is 1.66. The second-order valence-corrected chi connectivity index (χ2v) is 4.49. The number of hydrogen-bond donors (Lipinski definition) is 1. The lowest BCUT2D eigenvalue weighted by Crippen LogP contribution is -2.20. The molecule has 1 aromatic carbocycles. The fourth-order valence-corrected chi connectivity index (χ4v) is 1.98. The van der Waals surface area contributed by atoms with Crippen molar-refractivity contribution in [3.8, 4) is 17.0 Å². The highest BCUT2D eigenvalue weighted by Crippen LogP contribution is 2.22. The van der Waals surface area contributed by atoms with Crippen molar-refractivity contribution in [2.75, 3.05) is 0 Å². The predicted octanol–water partition coefficient (Wildman–Crippen LogP) is 1.53. The van der Waals surface area contributed by atoms with Crippen molar-refractivity contribution in [1.82, 2.24) is 14.3 Å². The van der Waals surface area contributed by atoms with E-state index in [0.29, 0.717) is 17.0 Å². The number of aromatic nitrogens is 3. The molecule has 0 fully saturated rings. The van der Waals surface area contributed by atoms with Crippen LogP contribution in [-0.2, 0) is 7.05 Å². The van der Waals surface area contributed by atoms with Gasteiger partial charge in [-0.1, -0.05) is 17.3 Å². The number of aryl methyl sites for hydroxylation is 1. The number of carbonyl (C=O) groups is 1. The Bertz CT molecular complexity index is 872. The highest BCUT2D eigenvalue weighted by Gasteiger charge is 2.13. The van der Waals surface area contributed by atoms with E-state index in [0.717, 1.165) is 0 Å². The average Bonchev–Trinajstić information content (AvgIpc) is 3.08. The van der Waals surface area contributed by atoms with Gasteiger partial charge in [-0.05, 0) is 12.1 Å². The van der Waals surface area contributed by atoms with Crippen molar-refractivity contribution >= 4 is 5.97 Å². The van der Waals surface area contributed by atoms with Crippen LogP contribution in [0.5, 0.6) is 0 Å². The third kappa shape index (κ3) is 2.25. The third-order valence-corrected chi connectivity index (χ3v) is 3.09. The molecule has 2 aromatic heterocycles. The number of benzene rings is 1. The van der Waals surface area contributed by atoms with E-state index in [-0.39, 0.29) is 11.4 Å². The Balaban J connectivity index is 2.05. The zero-order chi connectivity index (χ0) is 15.0. The van der Waals surface area contributed by atoms with E-state index in [1.807, 2.05) is 0 Å². The van der Waals surface area contributed by atoms with Crippen LogP contribution in [0.1, 0.15) is 10.5 Å². The normalized spacial score (nSPS) is 10.7. The molecule has 7 heteroatoms. The van der Waals surface area contributed by atoms with E-state index >= 15 is 0 Å². The molecule has 106 valence electrons. The van der Waals surface area contributed by atoms with Crippen LogP contribution in [0, 0.1) is 0 Å². The van der Waals surface area contributed by atoms with Crippen LogP contribution in [0.15, 0.2) is 52.0 Å². The molecular formula is C14H11N3O4. The van der Waals surface area contributed by atoms with Crippen LogP contribution >= 0.6 is 0 Å². The zero-order valence-electron chi connectivity index (χ0n) is 11.1. The molecule has 0 aliphatic carbocycles. The molecule has 0 amide bonds. The standard InChI is InChI=1S/C14H11N3O4/c1-16-5-6-17(14(16)20)10-4-2-3-9(7-10)12-8-11(13(18)19)15-21-12/h2-8H,1H3,(H,18,19). The Morgan fingerprint density at radius 2 is 2.10 bits per heavy atom. The molecule has 3 aromatic rings. The van der Waals surface area contributed by atoms with Gasteiger partial charge in [-0.2, -0.15) is 0 Å². The molecule has 0 bridgehead atoms. The van der Waals surface area contributed by atoms with Crippen LogP contribution in [0.3, 0.4) is 0 Å². The number of aromatic carboxylic acids is 1. The van der Waals surface area contributed by atoms with E-state index in [1.54, 1.807) is 43.7 Å². The Kier molecular flexibility index (Phi) is 2.94. The fourth-order valence-electron chi connectivity index (χ4n) is 1.98. The van der Waals surface area contributed by atoms with Gasteiger partial charge in [0.25, 0.3) is 0 Å². The number of hydrogen-bond acceptors (Lipinski definition) is 4. The maximum atomic E-state index is 11.9. The number of carboxylic acid groups (broad SMARTS) is 1. The van der Waals surface area contributed by atoms with Gasteiger partial charge in [0.2, 0.25) is 0 Å². The van der Waals surface area contributed by atoms with Crippen molar-refractivity contribution in [3.05, 3.63) is 58.9 Å². The number of imidazole rings is 1. The summed E-state index contributed by atoms with van der Waals surface area (Å²) in [5.41, 5.74) is 0.970. The van der Waals surface area contributed by atoms with E-state index < -0.39 is 5.97 Å². The summed E-state index contributed by atoms with van der Waals surface area (Å²) in [6.45, 7) is 0. The Labute approximate surface area is 118 Å². The largest absolute Gasteiger partial charge is 0.476 e. The maximum Gasteiger partial charge on any atom is 0.358 e. The highest BCUT2D eigenvalue weighted by molar-refractivity contribution is 5.86. The van der Waals surface area contributed by atoms with Gasteiger partial charge in [-0.25, -0.2) is 9.59 Å². The van der Waals surface area contributed by atoms with Gasteiger partial charge in [-0.3, -0.25) is 4.57 Å². The summed E-state index contributed by atoms with van der Waals surface area (Å²) in [4.78, 5) is 22.7. The molecule has 7 nitrogen and oxygen atoms in total. The van der Waals surface area contributed by atoms with Crippen molar-refractivity contribution < 1.29 is 14.4 Å². The Morgan fingerprint density at radius 1 is 1.29 bits per heavy atom. The predicted molar refractivity (Wildman–Crippen MR) is 73.5 cm³/mol. The second kappa shape index (κ2) is 4.78. The van der Waals surface area contributed by atoms with Gasteiger partial charge in [0.1, 0.15) is 0 Å². The van der Waals surface area contributed by atoms with Crippen molar-refractivity contribution in [2.24, 2.45) is 7.05 Å². The summed E-state index contributed by atoms with van der Waals surface area (Å²) in [5.74, 6) is -0.821. The van der Waals surface area contributed by atoms with Crippen LogP contribution < -0.4 is 5.69 Å². The van der Waals surface area contributed by atoms with Gasteiger partial charge in [0.05, 0.1) is 5.69 Å². The first-order chi connectivity index (χ1) is 10.1. The first-order valence-corrected chi connectivity index (χ1v) is 6.11. The lowest BCUT2D eigenvalue weighted by atomic mass is 10.1. The van der Waals surface area contributed by atoms with Crippen LogP contribution in [-0.4, -0.2) is 25.4 Å². The molecule has 0 atom stereocenters. The van der Waals surface area contributed by atoms with Crippen molar-refractivity contribution in [1.29, 1.82) is 0 Å². The highest BCUT2D eigenvalue weighted by atomic mass is 16.5. The number of nitrogens with zero attached hydrogens (tertiary/aromatic N) is 3. The average molecular weight is 285 g/mol. The van der Waals surface area contributed by atoms with Gasteiger partial charge in [0, 0.05) is 31.1 Å². The molecule has 0 saturated heterocycles. The van der Waals surface area contributed by atoms with Gasteiger partial charge >= 0.3 is 11.7 Å². The first kappa shape index (κ1) is 12.9. The minimum Gasteiger partial charge on any atom is -0.476 e. The zero-order valence-corrected chi connectivity index (χ0v) is 11.1. The molecule has 3 rings (SSSR count). The number of rotatable bonds is 3. The lowest BCUT2D eigenvalue weighted by Gasteiger charge is -2.03. The molecular weight excluding hydrogens is 274 g/mol. The second-order valence-electron chi connectivity index (χ2n) is 4.49. The quantitative estimate of drug-likeness (QED) is 0.788. The molecule has 0 spiro atoms. The summed E-state index contributed by atoms with van der Waals surface area (Å²) >= 11 is 0. The van der Waals surface area contributed by atoms with E-state index in [9.17, 15) is 9.59 Å². The van der Waals surface area contributed by atoms with Gasteiger partial charge in [0.15, 0.2) is 11.5 Å². The molecule has 0 aliphatic rings. The van der Waals surface area contributed by atoms with E-state index in [1.165, 1.54) is 15.2 Å².